The molecule has 0 saturated carbocycles. The summed E-state index contributed by atoms with van der Waals surface area (Å²) in [6.45, 7) is 4.12. The van der Waals surface area contributed by atoms with Crippen LogP contribution in [0.4, 0.5) is 0 Å². The normalized spacial score (nSPS) is 15.4. The van der Waals surface area contributed by atoms with E-state index in [0.717, 1.165) is 42.3 Å². The summed E-state index contributed by atoms with van der Waals surface area (Å²) in [7, 11) is 0. The van der Waals surface area contributed by atoms with Crippen molar-refractivity contribution in [1.82, 2.24) is 14.9 Å². The number of hydrogen-bond donors (Lipinski definition) is 1. The number of carbonyl (C=O) groups excluding carboxylic acids is 1. The van der Waals surface area contributed by atoms with Crippen molar-refractivity contribution >= 4 is 27.5 Å². The van der Waals surface area contributed by atoms with E-state index in [-0.39, 0.29) is 24.1 Å². The molecule has 1 aliphatic rings. The number of nitrogens with one attached hydrogen (secondary N) is 1. The lowest BCUT2D eigenvalue weighted by Gasteiger charge is -2.13. The van der Waals surface area contributed by atoms with E-state index >= 15 is 0 Å². The van der Waals surface area contributed by atoms with Gasteiger partial charge in [0.1, 0.15) is 11.4 Å². The van der Waals surface area contributed by atoms with E-state index in [0.29, 0.717) is 0 Å². The maximum absolute atomic E-state index is 12.8. The Labute approximate surface area is 139 Å². The molecule has 0 aromatic carbocycles. The van der Waals surface area contributed by atoms with E-state index < -0.39 is 0 Å². The summed E-state index contributed by atoms with van der Waals surface area (Å²) in [5.41, 5.74) is 1.09. The van der Waals surface area contributed by atoms with Gasteiger partial charge in [-0.2, -0.15) is 0 Å². The van der Waals surface area contributed by atoms with Crippen LogP contribution in [0.25, 0.3) is 10.2 Å². The molecule has 0 radical (unpaired) electrons. The Balaban J connectivity index is 1.86. The summed E-state index contributed by atoms with van der Waals surface area (Å²) < 4.78 is 1.44. The van der Waals surface area contributed by atoms with Crippen LogP contribution in [0.15, 0.2) is 11.1 Å². The Morgan fingerprint density at radius 1 is 1.43 bits per heavy atom. The number of aromatic nitrogens is 2. The maximum atomic E-state index is 12.8. The van der Waals surface area contributed by atoms with Gasteiger partial charge in [0.2, 0.25) is 5.91 Å². The van der Waals surface area contributed by atoms with Crippen LogP contribution in [0.5, 0.6) is 0 Å². The number of thiophene rings is 1. The van der Waals surface area contributed by atoms with Gasteiger partial charge in [-0.1, -0.05) is 13.3 Å². The number of nitrogens with zero attached hydrogens (tertiary/aromatic N) is 2. The first-order valence-electron chi connectivity index (χ1n) is 8.39. The second-order valence-corrected chi connectivity index (χ2v) is 7.41. The molecule has 23 heavy (non-hydrogen) atoms. The lowest BCUT2D eigenvalue weighted by atomic mass is 9.97. The molecule has 0 bridgehead atoms. The van der Waals surface area contributed by atoms with Gasteiger partial charge in [-0.3, -0.25) is 14.2 Å². The molecule has 0 unspecified atom stereocenters. The Hall–Kier alpha value is -1.69. The molecule has 3 rings (SSSR count). The summed E-state index contributed by atoms with van der Waals surface area (Å²) in [4.78, 5) is 31.4. The fraction of sp³-hybridized carbons (Fsp3) is 0.588. The predicted octanol–water partition coefficient (Wildman–Crippen LogP) is 2.64. The zero-order valence-electron chi connectivity index (χ0n) is 13.7. The van der Waals surface area contributed by atoms with Gasteiger partial charge >= 0.3 is 0 Å². The number of amides is 1. The lowest BCUT2D eigenvalue weighted by Crippen LogP contribution is -2.37. The zero-order chi connectivity index (χ0) is 16.4. The van der Waals surface area contributed by atoms with Gasteiger partial charge in [-0.25, -0.2) is 4.98 Å². The molecule has 0 spiro atoms. The Morgan fingerprint density at radius 3 is 3.00 bits per heavy atom. The summed E-state index contributed by atoms with van der Waals surface area (Å²) in [6.07, 6.45) is 7.79. The SMILES string of the molecule is CCC[C@@H](C)NC(=O)Cn1cnc2sc3c(c2c1=O)CCCC3. The van der Waals surface area contributed by atoms with Crippen molar-refractivity contribution in [3.05, 3.63) is 27.1 Å². The highest BCUT2D eigenvalue weighted by molar-refractivity contribution is 7.18. The first-order valence-corrected chi connectivity index (χ1v) is 9.20. The third-order valence-corrected chi connectivity index (χ3v) is 5.58. The van der Waals surface area contributed by atoms with Crippen LogP contribution in [0.2, 0.25) is 0 Å². The molecule has 2 aromatic heterocycles. The van der Waals surface area contributed by atoms with Crippen LogP contribution in [0.3, 0.4) is 0 Å². The lowest BCUT2D eigenvalue weighted by molar-refractivity contribution is -0.122. The van der Waals surface area contributed by atoms with Crippen molar-refractivity contribution < 1.29 is 4.79 Å². The smallest absolute Gasteiger partial charge is 0.262 e. The minimum Gasteiger partial charge on any atom is -0.352 e. The predicted molar refractivity (Wildman–Crippen MR) is 93.0 cm³/mol. The molecular weight excluding hydrogens is 310 g/mol. The number of rotatable bonds is 5. The number of aryl methyl sites for hydroxylation is 2. The maximum Gasteiger partial charge on any atom is 0.262 e. The van der Waals surface area contributed by atoms with Gasteiger partial charge in [-0.05, 0) is 44.6 Å². The molecule has 2 aromatic rings. The highest BCUT2D eigenvalue weighted by Gasteiger charge is 2.20. The highest BCUT2D eigenvalue weighted by atomic mass is 32.1. The number of fused-ring (bicyclic) bond motifs is 3. The highest BCUT2D eigenvalue weighted by Crippen LogP contribution is 2.33. The number of hydrogen-bond acceptors (Lipinski definition) is 4. The van der Waals surface area contributed by atoms with Gasteiger partial charge in [0, 0.05) is 10.9 Å². The van der Waals surface area contributed by atoms with E-state index in [9.17, 15) is 9.59 Å². The standard InChI is InChI=1S/C17H23N3O2S/c1-3-6-11(2)19-14(21)9-20-10-18-16-15(17(20)22)12-7-4-5-8-13(12)23-16/h10-11H,3-9H2,1-2H3,(H,19,21)/t11-/m1/s1. The molecule has 6 heteroatoms. The zero-order valence-corrected chi connectivity index (χ0v) is 14.5. The summed E-state index contributed by atoms with van der Waals surface area (Å²) in [5.74, 6) is -0.127. The molecule has 0 saturated heterocycles. The van der Waals surface area contributed by atoms with Crippen LogP contribution in [-0.2, 0) is 24.2 Å². The van der Waals surface area contributed by atoms with E-state index in [2.05, 4.69) is 17.2 Å². The monoisotopic (exact) mass is 333 g/mol. The second-order valence-electron chi connectivity index (χ2n) is 6.33. The van der Waals surface area contributed by atoms with Crippen LogP contribution in [-0.4, -0.2) is 21.5 Å². The van der Waals surface area contributed by atoms with Crippen molar-refractivity contribution in [2.45, 2.75) is 65.0 Å². The molecule has 1 atom stereocenters. The summed E-state index contributed by atoms with van der Waals surface area (Å²) in [5, 5.41) is 3.67. The molecule has 1 N–H and O–H groups in total. The van der Waals surface area contributed by atoms with Crippen LogP contribution in [0.1, 0.15) is 50.0 Å². The van der Waals surface area contributed by atoms with E-state index in [4.69, 9.17) is 0 Å². The molecule has 124 valence electrons. The van der Waals surface area contributed by atoms with Crippen LogP contribution in [0, 0.1) is 0 Å². The summed E-state index contributed by atoms with van der Waals surface area (Å²) in [6, 6.07) is 0.133. The van der Waals surface area contributed by atoms with E-state index in [1.54, 1.807) is 11.3 Å². The van der Waals surface area contributed by atoms with E-state index in [1.807, 2.05) is 6.92 Å². The first-order chi connectivity index (χ1) is 11.1. The molecule has 2 heterocycles. The molecule has 0 fully saturated rings. The number of carbonyl (C=O) groups is 1. The molecular formula is C17H23N3O2S. The van der Waals surface area contributed by atoms with Crippen molar-refractivity contribution in [3.8, 4) is 0 Å². The molecule has 5 nitrogen and oxygen atoms in total. The third kappa shape index (κ3) is 3.32. The van der Waals surface area contributed by atoms with Gasteiger partial charge in [0.15, 0.2) is 0 Å². The molecule has 1 aliphatic carbocycles. The van der Waals surface area contributed by atoms with Crippen LogP contribution < -0.4 is 10.9 Å². The molecule has 1 amide bonds. The Morgan fingerprint density at radius 2 is 2.22 bits per heavy atom. The molecule has 0 aliphatic heterocycles. The van der Waals surface area contributed by atoms with Crippen molar-refractivity contribution in [2.75, 3.05) is 0 Å². The van der Waals surface area contributed by atoms with Gasteiger partial charge in [0.25, 0.3) is 5.56 Å². The first kappa shape index (κ1) is 16.2. The minimum absolute atomic E-state index is 0.0421. The average molecular weight is 333 g/mol. The van der Waals surface area contributed by atoms with E-state index in [1.165, 1.54) is 27.8 Å². The van der Waals surface area contributed by atoms with Crippen molar-refractivity contribution in [1.29, 1.82) is 0 Å². The minimum atomic E-state index is -0.127. The quantitative estimate of drug-likeness (QED) is 0.915. The van der Waals surface area contributed by atoms with Gasteiger partial charge in [0.05, 0.1) is 11.7 Å². The topological polar surface area (TPSA) is 64.0 Å². The fourth-order valence-corrected chi connectivity index (χ4v) is 4.49. The Bertz CT molecular complexity index is 778. The van der Waals surface area contributed by atoms with Crippen LogP contribution >= 0.6 is 11.3 Å². The fourth-order valence-electron chi connectivity index (χ4n) is 3.27. The van der Waals surface area contributed by atoms with Crippen molar-refractivity contribution in [3.63, 3.8) is 0 Å². The largest absolute Gasteiger partial charge is 0.352 e. The second kappa shape index (κ2) is 6.83. The van der Waals surface area contributed by atoms with Gasteiger partial charge in [-0.15, -0.1) is 11.3 Å². The van der Waals surface area contributed by atoms with Gasteiger partial charge < -0.3 is 5.32 Å². The average Bonchev–Trinajstić information content (AvgIpc) is 2.89. The third-order valence-electron chi connectivity index (χ3n) is 4.38. The Kier molecular flexibility index (Phi) is 4.80. The summed E-state index contributed by atoms with van der Waals surface area (Å²) >= 11 is 1.63. The van der Waals surface area contributed by atoms with Crippen molar-refractivity contribution in [2.24, 2.45) is 0 Å².